The molecule has 1 aromatic carbocycles. The van der Waals surface area contributed by atoms with Crippen LogP contribution >= 0.6 is 22.7 Å². The Kier molecular flexibility index (Phi) is 2.58. The Labute approximate surface area is 116 Å². The molecule has 0 bridgehead atoms. The van der Waals surface area contributed by atoms with Crippen molar-refractivity contribution in [1.82, 2.24) is 0 Å². The van der Waals surface area contributed by atoms with Crippen molar-refractivity contribution in [2.45, 2.75) is 41.5 Å². The third kappa shape index (κ3) is 1.36. The molecule has 94 valence electrons. The van der Waals surface area contributed by atoms with E-state index in [-0.39, 0.29) is 0 Å². The zero-order valence-electron chi connectivity index (χ0n) is 11.8. The van der Waals surface area contributed by atoms with Gasteiger partial charge < -0.3 is 0 Å². The quantitative estimate of drug-likeness (QED) is 0.474. The molecule has 2 heteroatoms. The normalized spacial score (nSPS) is 11.9. The summed E-state index contributed by atoms with van der Waals surface area (Å²) >= 11 is 3.91. The molecule has 0 aliphatic carbocycles. The molecule has 0 nitrogen and oxygen atoms in total. The van der Waals surface area contributed by atoms with Crippen LogP contribution in [0, 0.1) is 41.5 Å². The molecule has 0 aliphatic rings. The molecule has 0 N–H and O–H groups in total. The monoisotopic (exact) mass is 274 g/mol. The van der Waals surface area contributed by atoms with E-state index >= 15 is 0 Å². The van der Waals surface area contributed by atoms with E-state index in [0.717, 1.165) is 0 Å². The second-order valence-electron chi connectivity index (χ2n) is 5.22. The number of hydrogen-bond donors (Lipinski definition) is 0. The number of thiophene rings is 2. The summed E-state index contributed by atoms with van der Waals surface area (Å²) in [6, 6.07) is 0. The highest BCUT2D eigenvalue weighted by Gasteiger charge is 2.18. The van der Waals surface area contributed by atoms with Crippen LogP contribution in [0.1, 0.15) is 32.0 Å². The molecule has 0 amide bonds. The topological polar surface area (TPSA) is 0 Å². The summed E-state index contributed by atoms with van der Waals surface area (Å²) in [5.41, 5.74) is 5.91. The molecule has 18 heavy (non-hydrogen) atoms. The highest BCUT2D eigenvalue weighted by atomic mass is 32.1. The van der Waals surface area contributed by atoms with Crippen molar-refractivity contribution >= 4 is 42.8 Å². The van der Waals surface area contributed by atoms with Gasteiger partial charge in [-0.2, -0.15) is 0 Å². The highest BCUT2D eigenvalue weighted by Crippen LogP contribution is 2.44. The first-order valence-corrected chi connectivity index (χ1v) is 7.95. The third-order valence-electron chi connectivity index (χ3n) is 4.20. The summed E-state index contributed by atoms with van der Waals surface area (Å²) in [5.74, 6) is 0. The fourth-order valence-electron chi connectivity index (χ4n) is 2.91. The Morgan fingerprint density at radius 3 is 1.17 bits per heavy atom. The van der Waals surface area contributed by atoms with Gasteiger partial charge in [0.25, 0.3) is 0 Å². The van der Waals surface area contributed by atoms with Crippen molar-refractivity contribution < 1.29 is 0 Å². The molecule has 0 saturated carbocycles. The fraction of sp³-hybridized carbons (Fsp3) is 0.375. The van der Waals surface area contributed by atoms with Crippen LogP contribution in [0.5, 0.6) is 0 Å². The minimum Gasteiger partial charge on any atom is -0.140 e. The second kappa shape index (κ2) is 3.82. The van der Waals surface area contributed by atoms with Crippen LogP contribution in [0.25, 0.3) is 20.2 Å². The molecule has 2 heterocycles. The average molecular weight is 274 g/mol. The Hall–Kier alpha value is -0.860. The number of fused-ring (bicyclic) bond motifs is 2. The predicted molar refractivity (Wildman–Crippen MR) is 85.6 cm³/mol. The van der Waals surface area contributed by atoms with Gasteiger partial charge >= 0.3 is 0 Å². The molecule has 0 fully saturated rings. The highest BCUT2D eigenvalue weighted by molar-refractivity contribution is 7.21. The maximum absolute atomic E-state index is 2.29. The van der Waals surface area contributed by atoms with Gasteiger partial charge in [-0.05, 0) is 63.8 Å². The summed E-state index contributed by atoms with van der Waals surface area (Å²) < 4.78 is 2.99. The van der Waals surface area contributed by atoms with Crippen LogP contribution in [-0.2, 0) is 0 Å². The average Bonchev–Trinajstić information content (AvgIpc) is 2.78. The van der Waals surface area contributed by atoms with Crippen LogP contribution in [0.4, 0.5) is 0 Å². The lowest BCUT2D eigenvalue weighted by molar-refractivity contribution is 1.44. The Bertz CT molecular complexity index is 717. The Morgan fingerprint density at radius 1 is 0.500 bits per heavy atom. The minimum absolute atomic E-state index is 1.46. The first kappa shape index (κ1) is 12.2. The van der Waals surface area contributed by atoms with E-state index in [0.29, 0.717) is 0 Å². The number of rotatable bonds is 0. The van der Waals surface area contributed by atoms with Crippen LogP contribution in [0.3, 0.4) is 0 Å². The van der Waals surface area contributed by atoms with Gasteiger partial charge in [-0.1, -0.05) is 0 Å². The first-order chi connectivity index (χ1) is 8.43. The summed E-state index contributed by atoms with van der Waals surface area (Å²) in [4.78, 5) is 2.92. The Balaban J connectivity index is 2.69. The fourth-order valence-corrected chi connectivity index (χ4v) is 5.36. The lowest BCUT2D eigenvalue weighted by atomic mass is 9.98. The summed E-state index contributed by atoms with van der Waals surface area (Å²) in [7, 11) is 0. The summed E-state index contributed by atoms with van der Waals surface area (Å²) in [6.07, 6.45) is 0. The largest absolute Gasteiger partial charge is 0.140 e. The van der Waals surface area contributed by atoms with Gasteiger partial charge in [-0.25, -0.2) is 0 Å². The van der Waals surface area contributed by atoms with E-state index in [1.165, 1.54) is 52.2 Å². The van der Waals surface area contributed by atoms with E-state index in [1.54, 1.807) is 0 Å². The van der Waals surface area contributed by atoms with Gasteiger partial charge in [0.1, 0.15) is 0 Å². The molecule has 2 aromatic heterocycles. The molecule has 3 aromatic rings. The van der Waals surface area contributed by atoms with Gasteiger partial charge in [-0.3, -0.25) is 0 Å². The van der Waals surface area contributed by atoms with E-state index in [4.69, 9.17) is 0 Å². The summed E-state index contributed by atoms with van der Waals surface area (Å²) in [6.45, 7) is 13.6. The number of aryl methyl sites for hydroxylation is 6. The smallest absolute Gasteiger partial charge is 0.0387 e. The molecule has 0 unspecified atom stereocenters. The van der Waals surface area contributed by atoms with E-state index < -0.39 is 0 Å². The van der Waals surface area contributed by atoms with Crippen molar-refractivity contribution in [2.75, 3.05) is 0 Å². The summed E-state index contributed by atoms with van der Waals surface area (Å²) in [5, 5.41) is 3.01. The van der Waals surface area contributed by atoms with Crippen molar-refractivity contribution in [2.24, 2.45) is 0 Å². The predicted octanol–water partition coefficient (Wildman–Crippen LogP) is 5.97. The van der Waals surface area contributed by atoms with Gasteiger partial charge in [0, 0.05) is 29.9 Å². The molecule has 0 atom stereocenters. The zero-order chi connectivity index (χ0) is 13.2. The lowest BCUT2D eigenvalue weighted by Crippen LogP contribution is -1.84. The van der Waals surface area contributed by atoms with Crippen molar-refractivity contribution in [3.05, 3.63) is 32.0 Å². The van der Waals surface area contributed by atoms with E-state index in [2.05, 4.69) is 41.5 Å². The SMILES string of the molecule is Cc1sc2c(C)c3c(C)c(C)sc3c(C)c2c1C. The van der Waals surface area contributed by atoms with Crippen LogP contribution in [-0.4, -0.2) is 0 Å². The standard InChI is InChI=1S/C16H18S2/c1-7-11(5)17-15-10(4)14-8(2)12(6)18-16(14)9(3)13(7)15/h1-6H3. The van der Waals surface area contributed by atoms with Crippen molar-refractivity contribution in [3.8, 4) is 0 Å². The van der Waals surface area contributed by atoms with Gasteiger partial charge in [0.15, 0.2) is 0 Å². The van der Waals surface area contributed by atoms with Gasteiger partial charge in [-0.15, -0.1) is 22.7 Å². The minimum atomic E-state index is 1.46. The molecule has 0 spiro atoms. The third-order valence-corrected chi connectivity index (χ3v) is 6.86. The number of hydrogen-bond acceptors (Lipinski definition) is 2. The molecule has 0 saturated heterocycles. The lowest BCUT2D eigenvalue weighted by Gasteiger charge is -2.06. The van der Waals surface area contributed by atoms with E-state index in [9.17, 15) is 0 Å². The maximum atomic E-state index is 2.29. The van der Waals surface area contributed by atoms with Gasteiger partial charge in [0.05, 0.1) is 0 Å². The van der Waals surface area contributed by atoms with Crippen molar-refractivity contribution in [3.63, 3.8) is 0 Å². The molecule has 0 aliphatic heterocycles. The zero-order valence-corrected chi connectivity index (χ0v) is 13.4. The Morgan fingerprint density at radius 2 is 0.833 bits per heavy atom. The van der Waals surface area contributed by atoms with Crippen molar-refractivity contribution in [1.29, 1.82) is 0 Å². The van der Waals surface area contributed by atoms with E-state index in [1.807, 2.05) is 22.7 Å². The number of benzene rings is 1. The van der Waals surface area contributed by atoms with Gasteiger partial charge in [0.2, 0.25) is 0 Å². The molecular formula is C16H18S2. The van der Waals surface area contributed by atoms with Crippen LogP contribution in [0.15, 0.2) is 0 Å². The van der Waals surface area contributed by atoms with Crippen LogP contribution < -0.4 is 0 Å². The molecule has 3 rings (SSSR count). The first-order valence-electron chi connectivity index (χ1n) is 6.32. The molecular weight excluding hydrogens is 256 g/mol. The molecule has 0 radical (unpaired) electrons. The maximum Gasteiger partial charge on any atom is 0.0387 e. The second-order valence-corrected chi connectivity index (χ2v) is 7.67. The van der Waals surface area contributed by atoms with Crippen LogP contribution in [0.2, 0.25) is 0 Å².